The number of halogens is 1. The van der Waals surface area contributed by atoms with Crippen LogP contribution in [0.4, 0.5) is 5.13 Å². The summed E-state index contributed by atoms with van der Waals surface area (Å²) in [7, 11) is 4.07. The molecule has 5 nitrogen and oxygen atoms in total. The van der Waals surface area contributed by atoms with Crippen LogP contribution in [0.5, 0.6) is 5.75 Å². The van der Waals surface area contributed by atoms with E-state index in [0.29, 0.717) is 23.9 Å². The third-order valence-electron chi connectivity index (χ3n) is 4.37. The first-order valence-corrected chi connectivity index (χ1v) is 12.0. The highest BCUT2D eigenvalue weighted by molar-refractivity contribution is 8.00. The highest BCUT2D eigenvalue weighted by Gasteiger charge is 2.21. The van der Waals surface area contributed by atoms with Gasteiger partial charge < -0.3 is 9.64 Å². The number of nitrogens with zero attached hydrogens (tertiary/aromatic N) is 3. The molecule has 0 spiro atoms. The van der Waals surface area contributed by atoms with Gasteiger partial charge in [-0.25, -0.2) is 4.98 Å². The Morgan fingerprint density at radius 1 is 1.17 bits per heavy atom. The zero-order chi connectivity index (χ0) is 21.5. The number of carbonyl (C=O) groups excluding carboxylic acids is 1. The molecule has 1 amide bonds. The number of anilines is 1. The average molecular weight is 464 g/mol. The van der Waals surface area contributed by atoms with Gasteiger partial charge in [0, 0.05) is 16.5 Å². The van der Waals surface area contributed by atoms with Crippen LogP contribution in [0.25, 0.3) is 10.2 Å². The van der Waals surface area contributed by atoms with Crippen molar-refractivity contribution in [2.75, 3.05) is 44.4 Å². The summed E-state index contributed by atoms with van der Waals surface area (Å²) in [5, 5.41) is 1.41. The molecule has 0 saturated carbocycles. The van der Waals surface area contributed by atoms with Gasteiger partial charge >= 0.3 is 0 Å². The molecule has 8 heteroatoms. The van der Waals surface area contributed by atoms with E-state index in [1.807, 2.05) is 68.4 Å². The Morgan fingerprint density at radius 2 is 1.93 bits per heavy atom. The van der Waals surface area contributed by atoms with Crippen molar-refractivity contribution >= 4 is 56.0 Å². The predicted octanol–water partition coefficient (Wildman–Crippen LogP) is 5.43. The first kappa shape index (κ1) is 22.9. The van der Waals surface area contributed by atoms with Crippen molar-refractivity contribution in [1.82, 2.24) is 9.88 Å². The summed E-state index contributed by atoms with van der Waals surface area (Å²) in [4.78, 5) is 22.9. The van der Waals surface area contributed by atoms with Gasteiger partial charge in [-0.1, -0.05) is 29.0 Å². The third-order valence-corrected chi connectivity index (χ3v) is 6.66. The van der Waals surface area contributed by atoms with E-state index < -0.39 is 0 Å². The molecule has 0 fully saturated rings. The smallest absolute Gasteiger partial charge is 0.239 e. The second-order valence-corrected chi connectivity index (χ2v) is 9.47. The molecule has 0 aliphatic heterocycles. The molecule has 3 rings (SSSR count). The van der Waals surface area contributed by atoms with Crippen molar-refractivity contribution in [2.45, 2.75) is 18.2 Å². The number of thiazole rings is 1. The minimum Gasteiger partial charge on any atom is -0.492 e. The van der Waals surface area contributed by atoms with Crippen molar-refractivity contribution in [3.05, 3.63) is 47.5 Å². The molecule has 0 atom stereocenters. The van der Waals surface area contributed by atoms with Gasteiger partial charge in [-0.05, 0) is 70.4 Å². The van der Waals surface area contributed by atoms with Gasteiger partial charge in [-0.15, -0.1) is 11.8 Å². The summed E-state index contributed by atoms with van der Waals surface area (Å²) in [6.07, 6.45) is 0.874. The van der Waals surface area contributed by atoms with Crippen LogP contribution in [0.15, 0.2) is 47.4 Å². The van der Waals surface area contributed by atoms with E-state index in [0.717, 1.165) is 39.0 Å². The van der Waals surface area contributed by atoms with E-state index >= 15 is 0 Å². The van der Waals surface area contributed by atoms with Crippen LogP contribution in [0.3, 0.4) is 0 Å². The fourth-order valence-corrected chi connectivity index (χ4v) is 4.85. The first-order chi connectivity index (χ1) is 14.5. The van der Waals surface area contributed by atoms with E-state index in [1.54, 1.807) is 0 Å². The van der Waals surface area contributed by atoms with Gasteiger partial charge in [-0.2, -0.15) is 0 Å². The monoisotopic (exact) mass is 463 g/mol. The van der Waals surface area contributed by atoms with Crippen LogP contribution < -0.4 is 9.64 Å². The lowest BCUT2D eigenvalue weighted by Crippen LogP contribution is -2.34. The fraction of sp³-hybridized carbons (Fsp3) is 0.364. The van der Waals surface area contributed by atoms with Gasteiger partial charge in [-0.3, -0.25) is 9.69 Å². The number of ether oxygens (including phenoxy) is 1. The van der Waals surface area contributed by atoms with Crippen LogP contribution in [-0.2, 0) is 4.79 Å². The number of hydrogen-bond donors (Lipinski definition) is 0. The zero-order valence-corrected chi connectivity index (χ0v) is 19.8. The van der Waals surface area contributed by atoms with E-state index in [9.17, 15) is 4.79 Å². The van der Waals surface area contributed by atoms with Crippen molar-refractivity contribution in [2.24, 2.45) is 0 Å². The van der Waals surface area contributed by atoms with Gasteiger partial charge in [0.05, 0.1) is 17.1 Å². The molecule has 0 aliphatic carbocycles. The second kappa shape index (κ2) is 11.0. The van der Waals surface area contributed by atoms with Gasteiger partial charge in [0.25, 0.3) is 0 Å². The van der Waals surface area contributed by atoms with Crippen LogP contribution >= 0.6 is 34.7 Å². The lowest BCUT2D eigenvalue weighted by atomic mass is 10.3. The van der Waals surface area contributed by atoms with Gasteiger partial charge in [0.2, 0.25) is 5.91 Å². The lowest BCUT2D eigenvalue weighted by molar-refractivity contribution is -0.116. The summed E-state index contributed by atoms with van der Waals surface area (Å²) in [5.41, 5.74) is 0.815. The number of fused-ring (bicyclic) bond motifs is 1. The van der Waals surface area contributed by atoms with E-state index in [4.69, 9.17) is 21.3 Å². The van der Waals surface area contributed by atoms with Crippen molar-refractivity contribution in [3.8, 4) is 5.75 Å². The van der Waals surface area contributed by atoms with E-state index in [-0.39, 0.29) is 5.91 Å². The van der Waals surface area contributed by atoms with E-state index in [1.165, 1.54) is 23.1 Å². The number of rotatable bonds is 10. The predicted molar refractivity (Wildman–Crippen MR) is 128 cm³/mol. The summed E-state index contributed by atoms with van der Waals surface area (Å²) in [6.45, 7) is 4.07. The van der Waals surface area contributed by atoms with Crippen LogP contribution in [0.1, 0.15) is 13.3 Å². The van der Waals surface area contributed by atoms with Crippen molar-refractivity contribution in [1.29, 1.82) is 0 Å². The quantitative estimate of drug-likeness (QED) is 0.375. The van der Waals surface area contributed by atoms with E-state index in [2.05, 4.69) is 4.90 Å². The number of para-hydroxylation sites is 1. The maximum atomic E-state index is 13.1. The highest BCUT2D eigenvalue weighted by Crippen LogP contribution is 2.35. The molecule has 1 heterocycles. The Hall–Kier alpha value is -1.80. The Balaban J connectivity index is 1.80. The molecular formula is C22H26ClN3O2S2. The fourth-order valence-electron chi connectivity index (χ4n) is 2.92. The van der Waals surface area contributed by atoms with Crippen LogP contribution in [0, 0.1) is 0 Å². The number of carbonyl (C=O) groups is 1. The number of hydrogen-bond acceptors (Lipinski definition) is 6. The molecule has 0 radical (unpaired) electrons. The molecule has 160 valence electrons. The largest absolute Gasteiger partial charge is 0.492 e. The summed E-state index contributed by atoms with van der Waals surface area (Å²) in [5.74, 6) is 1.15. The number of thioether (sulfide) groups is 1. The molecule has 0 N–H and O–H groups in total. The molecule has 3 aromatic rings. The number of aromatic nitrogens is 1. The number of benzene rings is 2. The van der Waals surface area contributed by atoms with Crippen LogP contribution in [-0.4, -0.2) is 55.3 Å². The Labute approximate surface area is 191 Å². The maximum absolute atomic E-state index is 13.1. The van der Waals surface area contributed by atoms with Gasteiger partial charge in [0.1, 0.15) is 11.3 Å². The van der Waals surface area contributed by atoms with Crippen LogP contribution in [0.2, 0.25) is 5.02 Å². The summed E-state index contributed by atoms with van der Waals surface area (Å²) >= 11 is 9.00. The Morgan fingerprint density at radius 3 is 2.63 bits per heavy atom. The normalized spacial score (nSPS) is 11.2. The zero-order valence-electron chi connectivity index (χ0n) is 17.4. The minimum absolute atomic E-state index is 0.0470. The topological polar surface area (TPSA) is 45.7 Å². The molecule has 0 aliphatic rings. The van der Waals surface area contributed by atoms with Gasteiger partial charge in [0.15, 0.2) is 5.13 Å². The maximum Gasteiger partial charge on any atom is 0.239 e. The SMILES string of the molecule is CCOc1cccc2sc(N(CCCN(C)C)C(=O)CSc3ccc(Cl)cc3)nc12. The molecule has 30 heavy (non-hydrogen) atoms. The number of amides is 1. The van der Waals surface area contributed by atoms with Crippen molar-refractivity contribution < 1.29 is 9.53 Å². The highest BCUT2D eigenvalue weighted by atomic mass is 35.5. The lowest BCUT2D eigenvalue weighted by Gasteiger charge is -2.21. The minimum atomic E-state index is 0.0470. The third kappa shape index (κ3) is 6.11. The molecule has 0 saturated heterocycles. The summed E-state index contributed by atoms with van der Waals surface area (Å²) in [6, 6.07) is 13.4. The Kier molecular flexibility index (Phi) is 8.39. The summed E-state index contributed by atoms with van der Waals surface area (Å²) < 4.78 is 6.74. The first-order valence-electron chi connectivity index (χ1n) is 9.83. The molecule has 2 aromatic carbocycles. The average Bonchev–Trinajstić information content (AvgIpc) is 3.15. The molecular weight excluding hydrogens is 438 g/mol. The second-order valence-electron chi connectivity index (χ2n) is 6.98. The molecule has 0 bridgehead atoms. The standard InChI is InChI=1S/C22H26ClN3O2S2/c1-4-28-18-7-5-8-19-21(18)24-22(30-19)26(14-6-13-25(2)3)20(27)15-29-17-11-9-16(23)10-12-17/h5,7-12H,4,6,13-15H2,1-3H3. The van der Waals surface area contributed by atoms with Crippen molar-refractivity contribution in [3.63, 3.8) is 0 Å². The Bertz CT molecular complexity index is 976. The molecule has 0 unspecified atom stereocenters. The molecule has 1 aromatic heterocycles.